The Balaban J connectivity index is 1.76. The Hall–Kier alpha value is -2.62. The van der Waals surface area contributed by atoms with E-state index >= 15 is 0 Å². The van der Waals surface area contributed by atoms with Gasteiger partial charge in [0, 0.05) is 13.0 Å². The lowest BCUT2D eigenvalue weighted by molar-refractivity contribution is -0.151. The van der Waals surface area contributed by atoms with Crippen LogP contribution in [0.15, 0.2) is 42.5 Å². The number of rotatable bonds is 4. The van der Waals surface area contributed by atoms with Crippen LogP contribution in [-0.4, -0.2) is 28.4 Å². The number of carboxylic acid groups (broad SMARTS) is 1. The van der Waals surface area contributed by atoms with Crippen LogP contribution in [0.2, 0.25) is 0 Å². The molecule has 1 unspecified atom stereocenters. The highest BCUT2D eigenvalue weighted by atomic mass is 16.4. The van der Waals surface area contributed by atoms with Crippen molar-refractivity contribution in [3.05, 3.63) is 70.3 Å². The minimum absolute atomic E-state index is 0.0962. The molecular weight excluding hydrogens is 314 g/mol. The van der Waals surface area contributed by atoms with Crippen LogP contribution in [0.5, 0.6) is 0 Å². The maximum Gasteiger partial charge on any atom is 0.331 e. The van der Waals surface area contributed by atoms with E-state index in [2.05, 4.69) is 18.2 Å². The van der Waals surface area contributed by atoms with Crippen LogP contribution in [0.3, 0.4) is 0 Å². The first-order valence-corrected chi connectivity index (χ1v) is 8.63. The highest BCUT2D eigenvalue weighted by Crippen LogP contribution is 2.30. The second-order valence-electron chi connectivity index (χ2n) is 6.77. The van der Waals surface area contributed by atoms with Gasteiger partial charge in [-0.25, -0.2) is 4.79 Å². The van der Waals surface area contributed by atoms with Crippen LogP contribution >= 0.6 is 0 Å². The van der Waals surface area contributed by atoms with Gasteiger partial charge in [-0.15, -0.1) is 0 Å². The zero-order valence-electron chi connectivity index (χ0n) is 14.7. The largest absolute Gasteiger partial charge is 0.479 e. The summed E-state index contributed by atoms with van der Waals surface area (Å²) < 4.78 is 0. The monoisotopic (exact) mass is 337 g/mol. The quantitative estimate of drug-likeness (QED) is 0.930. The van der Waals surface area contributed by atoms with E-state index in [4.69, 9.17) is 0 Å². The molecule has 25 heavy (non-hydrogen) atoms. The number of fused-ring (bicyclic) bond motifs is 1. The van der Waals surface area contributed by atoms with Crippen LogP contribution < -0.4 is 0 Å². The third-order valence-corrected chi connectivity index (χ3v) is 4.75. The van der Waals surface area contributed by atoms with Crippen molar-refractivity contribution in [1.29, 1.82) is 0 Å². The Morgan fingerprint density at radius 1 is 1.12 bits per heavy atom. The second kappa shape index (κ2) is 7.09. The molecule has 0 aromatic heterocycles. The minimum Gasteiger partial charge on any atom is -0.479 e. The van der Waals surface area contributed by atoms with Gasteiger partial charge in [-0.1, -0.05) is 53.6 Å². The maximum atomic E-state index is 12.7. The molecule has 0 fully saturated rings. The van der Waals surface area contributed by atoms with Crippen molar-refractivity contribution in [3.8, 4) is 0 Å². The standard InChI is InChI=1S/C21H23NO3/c1-14-11-15(2)13-16(12-14)7-8-19(23)22-10-9-17-5-3-4-6-18(17)20(22)21(24)25/h3-6,11-13,20H,7-10H2,1-2H3,(H,24,25). The Bertz CT molecular complexity index is 792. The average molecular weight is 337 g/mol. The zero-order chi connectivity index (χ0) is 18.0. The number of amides is 1. The first-order valence-electron chi connectivity index (χ1n) is 8.63. The molecule has 1 aliphatic rings. The van der Waals surface area contributed by atoms with Crippen LogP contribution in [0.4, 0.5) is 0 Å². The van der Waals surface area contributed by atoms with Gasteiger partial charge in [-0.05, 0) is 43.4 Å². The van der Waals surface area contributed by atoms with Crippen molar-refractivity contribution in [2.24, 2.45) is 0 Å². The van der Waals surface area contributed by atoms with Gasteiger partial charge in [0.2, 0.25) is 5.91 Å². The number of carboxylic acids is 1. The summed E-state index contributed by atoms with van der Waals surface area (Å²) in [5.41, 5.74) is 5.24. The Morgan fingerprint density at radius 2 is 1.80 bits per heavy atom. The van der Waals surface area contributed by atoms with Gasteiger partial charge in [0.25, 0.3) is 0 Å². The van der Waals surface area contributed by atoms with Crippen molar-refractivity contribution in [2.75, 3.05) is 6.54 Å². The molecule has 130 valence electrons. The SMILES string of the molecule is Cc1cc(C)cc(CCC(=O)N2CCc3ccccc3C2C(=O)O)c1. The molecule has 0 saturated heterocycles. The highest BCUT2D eigenvalue weighted by molar-refractivity contribution is 5.85. The van der Waals surface area contributed by atoms with Gasteiger partial charge >= 0.3 is 5.97 Å². The van der Waals surface area contributed by atoms with Crippen molar-refractivity contribution >= 4 is 11.9 Å². The summed E-state index contributed by atoms with van der Waals surface area (Å²) in [4.78, 5) is 26.1. The molecule has 2 aromatic rings. The van der Waals surface area contributed by atoms with Gasteiger partial charge in [-0.3, -0.25) is 4.79 Å². The molecule has 0 aliphatic carbocycles. The fraction of sp³-hybridized carbons (Fsp3) is 0.333. The highest BCUT2D eigenvalue weighted by Gasteiger charge is 2.35. The average Bonchev–Trinajstić information content (AvgIpc) is 2.57. The van der Waals surface area contributed by atoms with Crippen LogP contribution in [0.1, 0.15) is 40.3 Å². The number of hydrogen-bond acceptors (Lipinski definition) is 2. The van der Waals surface area contributed by atoms with E-state index in [1.807, 2.05) is 38.1 Å². The van der Waals surface area contributed by atoms with Gasteiger partial charge in [0.1, 0.15) is 0 Å². The maximum absolute atomic E-state index is 12.7. The van der Waals surface area contributed by atoms with Gasteiger partial charge in [0.05, 0.1) is 0 Å². The molecule has 1 atom stereocenters. The van der Waals surface area contributed by atoms with E-state index in [0.717, 1.165) is 16.7 Å². The summed E-state index contributed by atoms with van der Waals surface area (Å²) in [5, 5.41) is 9.67. The molecular formula is C21H23NO3. The lowest BCUT2D eigenvalue weighted by Gasteiger charge is -2.34. The summed E-state index contributed by atoms with van der Waals surface area (Å²) in [6.45, 7) is 4.54. The van der Waals surface area contributed by atoms with Crippen molar-refractivity contribution in [1.82, 2.24) is 4.90 Å². The zero-order valence-corrected chi connectivity index (χ0v) is 14.7. The van der Waals surface area contributed by atoms with Gasteiger partial charge in [0.15, 0.2) is 6.04 Å². The summed E-state index contributed by atoms with van der Waals surface area (Å²) in [6.07, 6.45) is 1.66. The summed E-state index contributed by atoms with van der Waals surface area (Å²) in [6, 6.07) is 12.9. The summed E-state index contributed by atoms with van der Waals surface area (Å²) in [5.74, 6) is -1.06. The number of nitrogens with zero attached hydrogens (tertiary/aromatic N) is 1. The minimum atomic E-state index is -0.966. The molecule has 3 rings (SSSR count). The molecule has 0 spiro atoms. The van der Waals surface area contributed by atoms with Crippen molar-refractivity contribution in [2.45, 2.75) is 39.2 Å². The van der Waals surface area contributed by atoms with E-state index in [9.17, 15) is 14.7 Å². The first-order chi connectivity index (χ1) is 12.0. The normalized spacial score (nSPS) is 16.4. The Labute approximate surface area is 148 Å². The Kier molecular flexibility index (Phi) is 4.88. The van der Waals surface area contributed by atoms with Crippen LogP contribution in [0, 0.1) is 13.8 Å². The predicted octanol–water partition coefficient (Wildman–Crippen LogP) is 3.45. The van der Waals surface area contributed by atoms with E-state index in [0.29, 0.717) is 25.8 Å². The molecule has 0 bridgehead atoms. The predicted molar refractivity (Wildman–Crippen MR) is 96.5 cm³/mol. The van der Waals surface area contributed by atoms with Crippen molar-refractivity contribution in [3.63, 3.8) is 0 Å². The lowest BCUT2D eigenvalue weighted by Crippen LogP contribution is -2.43. The fourth-order valence-electron chi connectivity index (χ4n) is 3.71. The number of hydrogen-bond donors (Lipinski definition) is 1. The van der Waals surface area contributed by atoms with Gasteiger partial charge in [-0.2, -0.15) is 0 Å². The topological polar surface area (TPSA) is 57.6 Å². The molecule has 1 aliphatic heterocycles. The Morgan fingerprint density at radius 3 is 2.48 bits per heavy atom. The first kappa shape index (κ1) is 17.2. The van der Waals surface area contributed by atoms with E-state index in [-0.39, 0.29) is 5.91 Å². The summed E-state index contributed by atoms with van der Waals surface area (Å²) >= 11 is 0. The van der Waals surface area contributed by atoms with Crippen LogP contribution in [-0.2, 0) is 22.4 Å². The smallest absolute Gasteiger partial charge is 0.331 e. The number of carbonyl (C=O) groups excluding carboxylic acids is 1. The lowest BCUT2D eigenvalue weighted by atomic mass is 9.92. The molecule has 1 N–H and O–H groups in total. The molecule has 4 nitrogen and oxygen atoms in total. The fourth-order valence-corrected chi connectivity index (χ4v) is 3.71. The van der Waals surface area contributed by atoms with E-state index in [1.54, 1.807) is 0 Å². The molecule has 1 amide bonds. The molecule has 0 saturated carbocycles. The molecule has 0 radical (unpaired) electrons. The molecule has 1 heterocycles. The molecule has 2 aromatic carbocycles. The molecule has 4 heteroatoms. The van der Waals surface area contributed by atoms with Gasteiger partial charge < -0.3 is 10.0 Å². The third kappa shape index (κ3) is 3.73. The van der Waals surface area contributed by atoms with Crippen LogP contribution in [0.25, 0.3) is 0 Å². The number of aliphatic carboxylic acids is 1. The number of benzene rings is 2. The van der Waals surface area contributed by atoms with Crippen molar-refractivity contribution < 1.29 is 14.7 Å². The van der Waals surface area contributed by atoms with E-state index in [1.165, 1.54) is 16.0 Å². The van der Waals surface area contributed by atoms with E-state index < -0.39 is 12.0 Å². The number of carbonyl (C=O) groups is 2. The number of aryl methyl sites for hydroxylation is 3. The summed E-state index contributed by atoms with van der Waals surface area (Å²) in [7, 11) is 0. The third-order valence-electron chi connectivity index (χ3n) is 4.75. The second-order valence-corrected chi connectivity index (χ2v) is 6.77.